The lowest BCUT2D eigenvalue weighted by molar-refractivity contribution is 0.173. The molecule has 0 radical (unpaired) electrons. The molecule has 2 aromatic heterocycles. The Morgan fingerprint density at radius 2 is 2.14 bits per heavy atom. The van der Waals surface area contributed by atoms with Gasteiger partial charge in [0.15, 0.2) is 5.82 Å². The predicted octanol–water partition coefficient (Wildman–Crippen LogP) is 1.68. The summed E-state index contributed by atoms with van der Waals surface area (Å²) in [6.07, 6.45) is 6.25. The maximum atomic E-state index is 11.8. The minimum atomic E-state index is -0.288. The van der Waals surface area contributed by atoms with E-state index < -0.39 is 0 Å². The normalized spacial score (nSPS) is 11.9. The molecule has 0 saturated heterocycles. The molecule has 2 aromatic rings. The van der Waals surface area contributed by atoms with Gasteiger partial charge in [-0.1, -0.05) is 0 Å². The van der Waals surface area contributed by atoms with Gasteiger partial charge in [-0.15, -0.1) is 0 Å². The highest BCUT2D eigenvalue weighted by atomic mass is 16.5. The van der Waals surface area contributed by atoms with Crippen LogP contribution in [0.4, 0.5) is 10.6 Å². The fraction of sp³-hybridized carbons (Fsp3) is 0.400. The van der Waals surface area contributed by atoms with Gasteiger partial charge in [-0.25, -0.2) is 4.79 Å². The van der Waals surface area contributed by atoms with Crippen LogP contribution in [0.2, 0.25) is 0 Å². The second-order valence-corrected chi connectivity index (χ2v) is 5.02. The number of ether oxygens (including phenoxy) is 1. The molecule has 0 saturated carbocycles. The van der Waals surface area contributed by atoms with Crippen LogP contribution in [0.3, 0.4) is 0 Å². The smallest absolute Gasteiger partial charge is 0.320 e. The van der Waals surface area contributed by atoms with Crippen LogP contribution >= 0.6 is 0 Å². The fourth-order valence-corrected chi connectivity index (χ4v) is 2.01. The van der Waals surface area contributed by atoms with Gasteiger partial charge in [0.1, 0.15) is 0 Å². The predicted molar refractivity (Wildman–Crippen MR) is 83.7 cm³/mol. The lowest BCUT2D eigenvalue weighted by Crippen LogP contribution is -2.38. The monoisotopic (exact) mass is 303 g/mol. The van der Waals surface area contributed by atoms with Crippen LogP contribution in [-0.2, 0) is 17.7 Å². The third-order valence-electron chi connectivity index (χ3n) is 3.06. The number of nitrogens with zero attached hydrogens (tertiary/aromatic N) is 3. The number of urea groups is 1. The highest BCUT2D eigenvalue weighted by molar-refractivity contribution is 5.88. The summed E-state index contributed by atoms with van der Waals surface area (Å²) < 4.78 is 6.77. The van der Waals surface area contributed by atoms with E-state index in [4.69, 9.17) is 4.74 Å². The first kappa shape index (κ1) is 16.0. The summed E-state index contributed by atoms with van der Waals surface area (Å²) in [5.41, 5.74) is 1.20. The molecular weight excluding hydrogens is 282 g/mol. The number of rotatable bonds is 7. The van der Waals surface area contributed by atoms with E-state index in [1.54, 1.807) is 30.3 Å². The molecule has 7 nitrogen and oxygen atoms in total. The van der Waals surface area contributed by atoms with Crippen molar-refractivity contribution in [2.75, 3.05) is 19.0 Å². The molecule has 2 rings (SSSR count). The molecule has 2 amide bonds. The van der Waals surface area contributed by atoms with E-state index in [2.05, 4.69) is 20.7 Å². The fourth-order valence-electron chi connectivity index (χ4n) is 2.01. The third-order valence-corrected chi connectivity index (χ3v) is 3.06. The van der Waals surface area contributed by atoms with Crippen LogP contribution in [0.15, 0.2) is 36.8 Å². The zero-order chi connectivity index (χ0) is 15.8. The van der Waals surface area contributed by atoms with Crippen molar-refractivity contribution in [2.24, 2.45) is 0 Å². The summed E-state index contributed by atoms with van der Waals surface area (Å²) in [5.74, 6) is 0.525. The number of pyridine rings is 1. The van der Waals surface area contributed by atoms with Gasteiger partial charge in [0.25, 0.3) is 0 Å². The molecule has 1 atom stereocenters. The van der Waals surface area contributed by atoms with E-state index in [1.165, 1.54) is 5.56 Å². The molecule has 0 unspecified atom stereocenters. The minimum Gasteiger partial charge on any atom is -0.383 e. The molecular formula is C15H21N5O2. The zero-order valence-corrected chi connectivity index (χ0v) is 12.8. The summed E-state index contributed by atoms with van der Waals surface area (Å²) >= 11 is 0. The quantitative estimate of drug-likeness (QED) is 0.815. The van der Waals surface area contributed by atoms with Crippen molar-refractivity contribution in [2.45, 2.75) is 25.9 Å². The second kappa shape index (κ2) is 8.14. The summed E-state index contributed by atoms with van der Waals surface area (Å²) in [7, 11) is 1.60. The summed E-state index contributed by atoms with van der Waals surface area (Å²) in [5, 5.41) is 9.78. The van der Waals surface area contributed by atoms with Crippen LogP contribution in [0.5, 0.6) is 0 Å². The Morgan fingerprint density at radius 3 is 2.86 bits per heavy atom. The number of nitrogens with one attached hydrogen (secondary N) is 2. The first-order valence-corrected chi connectivity index (χ1v) is 7.16. The van der Waals surface area contributed by atoms with Crippen LogP contribution in [0.25, 0.3) is 0 Å². The molecule has 0 aliphatic heterocycles. The first-order chi connectivity index (χ1) is 10.7. The molecule has 0 spiro atoms. The summed E-state index contributed by atoms with van der Waals surface area (Å²) in [4.78, 5) is 15.7. The van der Waals surface area contributed by atoms with Gasteiger partial charge < -0.3 is 10.1 Å². The van der Waals surface area contributed by atoms with E-state index in [-0.39, 0.29) is 12.1 Å². The second-order valence-electron chi connectivity index (χ2n) is 5.02. The van der Waals surface area contributed by atoms with Crippen molar-refractivity contribution in [1.29, 1.82) is 0 Å². The van der Waals surface area contributed by atoms with Gasteiger partial charge in [0.2, 0.25) is 0 Å². The molecule has 0 fully saturated rings. The molecule has 0 aliphatic rings. The molecule has 2 N–H and O–H groups in total. The zero-order valence-electron chi connectivity index (χ0n) is 12.8. The van der Waals surface area contributed by atoms with Crippen molar-refractivity contribution < 1.29 is 9.53 Å². The van der Waals surface area contributed by atoms with E-state index in [0.717, 1.165) is 13.0 Å². The van der Waals surface area contributed by atoms with Crippen molar-refractivity contribution >= 4 is 11.8 Å². The number of aryl methyl sites for hydroxylation is 2. The third kappa shape index (κ3) is 5.17. The number of carbonyl (C=O) groups is 1. The Balaban J connectivity index is 1.80. The molecule has 118 valence electrons. The summed E-state index contributed by atoms with van der Waals surface area (Å²) in [6, 6.07) is 5.39. The van der Waals surface area contributed by atoms with Crippen molar-refractivity contribution in [3.63, 3.8) is 0 Å². The van der Waals surface area contributed by atoms with Gasteiger partial charge >= 0.3 is 6.03 Å². The van der Waals surface area contributed by atoms with E-state index in [9.17, 15) is 4.79 Å². The van der Waals surface area contributed by atoms with Crippen molar-refractivity contribution in [1.82, 2.24) is 20.1 Å². The maximum absolute atomic E-state index is 11.8. The average Bonchev–Trinajstić information content (AvgIpc) is 2.93. The largest absolute Gasteiger partial charge is 0.383 e. The van der Waals surface area contributed by atoms with E-state index >= 15 is 0 Å². The molecule has 0 aromatic carbocycles. The Bertz CT molecular complexity index is 585. The van der Waals surface area contributed by atoms with Crippen molar-refractivity contribution in [3.05, 3.63) is 42.4 Å². The van der Waals surface area contributed by atoms with Gasteiger partial charge in [0.05, 0.1) is 12.6 Å². The number of carbonyl (C=O) groups excluding carboxylic acids is 1. The molecule has 0 aliphatic carbocycles. The molecule has 7 heteroatoms. The van der Waals surface area contributed by atoms with E-state index in [0.29, 0.717) is 12.4 Å². The summed E-state index contributed by atoms with van der Waals surface area (Å²) in [6.45, 7) is 3.08. The van der Waals surface area contributed by atoms with Crippen LogP contribution in [0, 0.1) is 0 Å². The maximum Gasteiger partial charge on any atom is 0.320 e. The lowest BCUT2D eigenvalue weighted by atomic mass is 10.2. The van der Waals surface area contributed by atoms with Crippen LogP contribution in [0.1, 0.15) is 12.5 Å². The SMILES string of the molecule is COC[C@@H](C)NC(=O)Nc1ccn(CCc2ccncc2)n1. The number of amides is 2. The molecule has 2 heterocycles. The van der Waals surface area contributed by atoms with Gasteiger partial charge in [0, 0.05) is 38.3 Å². The number of anilines is 1. The topological polar surface area (TPSA) is 81.1 Å². The van der Waals surface area contributed by atoms with Gasteiger partial charge in [-0.3, -0.25) is 15.0 Å². The number of hydrogen-bond donors (Lipinski definition) is 2. The number of methoxy groups -OCH3 is 1. The molecule has 22 heavy (non-hydrogen) atoms. The highest BCUT2D eigenvalue weighted by Crippen LogP contribution is 2.05. The van der Waals surface area contributed by atoms with Crippen LogP contribution < -0.4 is 10.6 Å². The van der Waals surface area contributed by atoms with Gasteiger partial charge in [-0.2, -0.15) is 5.10 Å². The lowest BCUT2D eigenvalue weighted by Gasteiger charge is -2.12. The molecule has 0 bridgehead atoms. The van der Waals surface area contributed by atoms with E-state index in [1.807, 2.05) is 25.3 Å². The Hall–Kier alpha value is -2.41. The minimum absolute atomic E-state index is 0.0567. The number of hydrogen-bond acceptors (Lipinski definition) is 4. The standard InChI is InChI=1S/C15H21N5O2/c1-12(11-22-2)17-15(21)18-14-6-10-20(19-14)9-5-13-3-7-16-8-4-13/h3-4,6-8,10,12H,5,9,11H2,1-2H3,(H2,17,18,19,21)/t12-/m1/s1. The first-order valence-electron chi connectivity index (χ1n) is 7.16. The highest BCUT2D eigenvalue weighted by Gasteiger charge is 2.08. The Morgan fingerprint density at radius 1 is 1.36 bits per heavy atom. The Labute approximate surface area is 129 Å². The average molecular weight is 303 g/mol. The van der Waals surface area contributed by atoms with Crippen LogP contribution in [-0.4, -0.2) is 40.6 Å². The Kier molecular flexibility index (Phi) is 5.91. The van der Waals surface area contributed by atoms with Crippen molar-refractivity contribution in [3.8, 4) is 0 Å². The number of aromatic nitrogens is 3. The van der Waals surface area contributed by atoms with Gasteiger partial charge in [-0.05, 0) is 31.0 Å².